The van der Waals surface area contributed by atoms with Crippen LogP contribution in [0.15, 0.2) is 24.3 Å². The zero-order valence-electron chi connectivity index (χ0n) is 10.1. The summed E-state index contributed by atoms with van der Waals surface area (Å²) < 4.78 is 5.08. The summed E-state index contributed by atoms with van der Waals surface area (Å²) in [4.78, 5) is 35.4. The van der Waals surface area contributed by atoms with E-state index in [1.165, 1.54) is 7.11 Å². The molecule has 3 amide bonds. The van der Waals surface area contributed by atoms with Crippen LogP contribution in [0.2, 0.25) is 0 Å². The first kappa shape index (κ1) is 12.9. The number of carboxylic acids is 1. The molecule has 1 aliphatic heterocycles. The predicted molar refractivity (Wildman–Crippen MR) is 65.1 cm³/mol. The fraction of sp³-hybridized carbons (Fsp3) is 0.250. The van der Waals surface area contributed by atoms with Crippen molar-refractivity contribution >= 4 is 23.6 Å². The smallest absolute Gasteiger partial charge is 0.329 e. The van der Waals surface area contributed by atoms with Gasteiger partial charge in [0.1, 0.15) is 11.8 Å². The van der Waals surface area contributed by atoms with Gasteiger partial charge >= 0.3 is 12.0 Å². The van der Waals surface area contributed by atoms with E-state index in [2.05, 4.69) is 5.32 Å². The molecule has 1 heterocycles. The van der Waals surface area contributed by atoms with Crippen LogP contribution < -0.4 is 15.0 Å². The largest absolute Gasteiger partial charge is 0.495 e. The summed E-state index contributed by atoms with van der Waals surface area (Å²) >= 11 is 0. The fourth-order valence-corrected chi connectivity index (χ4v) is 1.89. The minimum Gasteiger partial charge on any atom is -0.495 e. The molecule has 1 saturated heterocycles. The normalized spacial score (nSPS) is 18.4. The van der Waals surface area contributed by atoms with E-state index in [4.69, 9.17) is 9.84 Å². The van der Waals surface area contributed by atoms with E-state index in [9.17, 15) is 14.4 Å². The Balaban J connectivity index is 2.32. The number of methoxy groups -OCH3 is 1. The number of aliphatic carboxylic acids is 1. The number of hydrogen-bond donors (Lipinski definition) is 2. The number of carbonyl (C=O) groups excluding carboxylic acids is 2. The number of imide groups is 1. The van der Waals surface area contributed by atoms with Crippen LogP contribution in [0.5, 0.6) is 5.75 Å². The van der Waals surface area contributed by atoms with Gasteiger partial charge in [-0.15, -0.1) is 0 Å². The average molecular weight is 264 g/mol. The molecular formula is C12H12N2O5. The molecule has 2 rings (SSSR count). The van der Waals surface area contributed by atoms with Gasteiger partial charge in [-0.3, -0.25) is 9.59 Å². The second kappa shape index (κ2) is 4.97. The SMILES string of the molecule is COc1ccccc1N1C(=O)NC(CC(=O)O)C1=O. The molecule has 0 spiro atoms. The Labute approximate surface area is 108 Å². The van der Waals surface area contributed by atoms with E-state index in [-0.39, 0.29) is 0 Å². The summed E-state index contributed by atoms with van der Waals surface area (Å²) in [6, 6.07) is 4.83. The Morgan fingerprint density at radius 1 is 1.42 bits per heavy atom. The van der Waals surface area contributed by atoms with Crippen LogP contribution in [-0.4, -0.2) is 36.2 Å². The molecule has 7 nitrogen and oxygen atoms in total. The van der Waals surface area contributed by atoms with Crippen molar-refractivity contribution in [2.45, 2.75) is 12.5 Å². The molecular weight excluding hydrogens is 252 g/mol. The lowest BCUT2D eigenvalue weighted by Crippen LogP contribution is -2.32. The highest BCUT2D eigenvalue weighted by molar-refractivity contribution is 6.22. The molecule has 2 N–H and O–H groups in total. The van der Waals surface area contributed by atoms with E-state index in [1.54, 1.807) is 24.3 Å². The zero-order chi connectivity index (χ0) is 14.0. The number of amides is 3. The van der Waals surface area contributed by atoms with E-state index < -0.39 is 30.4 Å². The minimum atomic E-state index is -1.15. The Morgan fingerprint density at radius 2 is 2.11 bits per heavy atom. The monoisotopic (exact) mass is 264 g/mol. The lowest BCUT2D eigenvalue weighted by atomic mass is 10.2. The summed E-state index contributed by atoms with van der Waals surface area (Å²) in [5.74, 6) is -1.39. The van der Waals surface area contributed by atoms with Gasteiger partial charge in [-0.2, -0.15) is 0 Å². The Morgan fingerprint density at radius 3 is 2.74 bits per heavy atom. The van der Waals surface area contributed by atoms with Gasteiger partial charge < -0.3 is 15.2 Å². The first-order valence-corrected chi connectivity index (χ1v) is 5.54. The van der Waals surface area contributed by atoms with Gasteiger partial charge in [0.05, 0.1) is 19.2 Å². The molecule has 1 aromatic carbocycles. The molecule has 0 aromatic heterocycles. The van der Waals surface area contributed by atoms with Gasteiger partial charge in [-0.05, 0) is 12.1 Å². The standard InChI is InChI=1S/C12H12N2O5/c1-19-9-5-3-2-4-8(9)14-11(17)7(6-10(15)16)13-12(14)18/h2-5,7H,6H2,1H3,(H,13,18)(H,15,16). The maximum atomic E-state index is 12.0. The molecule has 0 aliphatic carbocycles. The first-order chi connectivity index (χ1) is 9.04. The fourth-order valence-electron chi connectivity index (χ4n) is 1.89. The van der Waals surface area contributed by atoms with Gasteiger partial charge in [0.15, 0.2) is 0 Å². The van der Waals surface area contributed by atoms with Crippen molar-refractivity contribution in [2.24, 2.45) is 0 Å². The van der Waals surface area contributed by atoms with Crippen LogP contribution in [0.3, 0.4) is 0 Å². The number of nitrogens with one attached hydrogen (secondary N) is 1. The molecule has 1 unspecified atom stereocenters. The quantitative estimate of drug-likeness (QED) is 0.776. The number of urea groups is 1. The highest BCUT2D eigenvalue weighted by Crippen LogP contribution is 2.30. The number of carboxylic acid groups (broad SMARTS) is 1. The molecule has 0 radical (unpaired) electrons. The second-order valence-corrected chi connectivity index (χ2v) is 3.95. The molecule has 0 bridgehead atoms. The van der Waals surface area contributed by atoms with E-state index in [0.29, 0.717) is 11.4 Å². The van der Waals surface area contributed by atoms with Gasteiger partial charge in [-0.25, -0.2) is 9.69 Å². The van der Waals surface area contributed by atoms with Crippen molar-refractivity contribution in [2.75, 3.05) is 12.0 Å². The number of benzene rings is 1. The van der Waals surface area contributed by atoms with Crippen molar-refractivity contribution in [3.63, 3.8) is 0 Å². The average Bonchev–Trinajstić information content (AvgIpc) is 2.64. The number of rotatable bonds is 4. The number of anilines is 1. The third-order valence-corrected chi connectivity index (χ3v) is 2.72. The second-order valence-electron chi connectivity index (χ2n) is 3.95. The highest BCUT2D eigenvalue weighted by atomic mass is 16.5. The maximum Gasteiger partial charge on any atom is 0.329 e. The zero-order valence-corrected chi connectivity index (χ0v) is 10.1. The van der Waals surface area contributed by atoms with Crippen LogP contribution >= 0.6 is 0 Å². The molecule has 1 aromatic rings. The molecule has 19 heavy (non-hydrogen) atoms. The predicted octanol–water partition coefficient (Wildman–Crippen LogP) is 0.595. The lowest BCUT2D eigenvalue weighted by molar-refractivity contribution is -0.139. The Hall–Kier alpha value is -2.57. The minimum absolute atomic E-state index is 0.292. The summed E-state index contributed by atoms with van der Waals surface area (Å²) in [6.45, 7) is 0. The van der Waals surface area contributed by atoms with Crippen molar-refractivity contribution < 1.29 is 24.2 Å². The number of ether oxygens (including phenoxy) is 1. The Kier molecular flexibility index (Phi) is 3.37. The first-order valence-electron chi connectivity index (χ1n) is 5.54. The van der Waals surface area contributed by atoms with Crippen molar-refractivity contribution in [3.05, 3.63) is 24.3 Å². The van der Waals surface area contributed by atoms with Gasteiger partial charge in [0, 0.05) is 0 Å². The van der Waals surface area contributed by atoms with Crippen molar-refractivity contribution in [1.82, 2.24) is 5.32 Å². The van der Waals surface area contributed by atoms with Crippen molar-refractivity contribution in [3.8, 4) is 5.75 Å². The van der Waals surface area contributed by atoms with E-state index >= 15 is 0 Å². The summed E-state index contributed by atoms with van der Waals surface area (Å²) in [6.07, 6.45) is -0.448. The third kappa shape index (κ3) is 2.35. The van der Waals surface area contributed by atoms with Gasteiger partial charge in [0.2, 0.25) is 0 Å². The number of carbonyl (C=O) groups is 3. The third-order valence-electron chi connectivity index (χ3n) is 2.72. The van der Waals surface area contributed by atoms with E-state index in [0.717, 1.165) is 4.90 Å². The van der Waals surface area contributed by atoms with Crippen LogP contribution in [0.25, 0.3) is 0 Å². The Bertz CT molecular complexity index is 543. The van der Waals surface area contributed by atoms with Crippen LogP contribution in [0.1, 0.15) is 6.42 Å². The maximum absolute atomic E-state index is 12.0. The lowest BCUT2D eigenvalue weighted by Gasteiger charge is -2.15. The number of hydrogen-bond acceptors (Lipinski definition) is 4. The van der Waals surface area contributed by atoms with Gasteiger partial charge in [-0.1, -0.05) is 12.1 Å². The summed E-state index contributed by atoms with van der Waals surface area (Å²) in [5, 5.41) is 11.0. The molecule has 0 saturated carbocycles. The van der Waals surface area contributed by atoms with Crippen molar-refractivity contribution in [1.29, 1.82) is 0 Å². The molecule has 1 fully saturated rings. The molecule has 1 atom stereocenters. The highest BCUT2D eigenvalue weighted by Gasteiger charge is 2.41. The number of nitrogens with zero attached hydrogens (tertiary/aromatic N) is 1. The summed E-state index contributed by atoms with van der Waals surface area (Å²) in [7, 11) is 1.42. The van der Waals surface area contributed by atoms with E-state index in [1.807, 2.05) is 0 Å². The summed E-state index contributed by atoms with van der Waals surface area (Å²) in [5.41, 5.74) is 0.292. The molecule has 7 heteroatoms. The van der Waals surface area contributed by atoms with Crippen LogP contribution in [0.4, 0.5) is 10.5 Å². The van der Waals surface area contributed by atoms with Crippen LogP contribution in [0, 0.1) is 0 Å². The molecule has 100 valence electrons. The topological polar surface area (TPSA) is 95.9 Å². The molecule has 1 aliphatic rings. The number of para-hydroxylation sites is 2. The van der Waals surface area contributed by atoms with Gasteiger partial charge in [0.25, 0.3) is 5.91 Å². The van der Waals surface area contributed by atoms with Crippen LogP contribution in [-0.2, 0) is 9.59 Å².